The van der Waals surface area contributed by atoms with E-state index in [1.807, 2.05) is 36.7 Å². The van der Waals surface area contributed by atoms with Crippen molar-refractivity contribution in [3.05, 3.63) is 71.1 Å². The van der Waals surface area contributed by atoms with E-state index in [2.05, 4.69) is 66.7 Å². The summed E-state index contributed by atoms with van der Waals surface area (Å²) in [6.07, 6.45) is 7.36. The van der Waals surface area contributed by atoms with Crippen LogP contribution in [0, 0.1) is 0 Å². The van der Waals surface area contributed by atoms with Gasteiger partial charge in [0.15, 0.2) is 0 Å². The van der Waals surface area contributed by atoms with Crippen LogP contribution in [0.5, 0.6) is 0 Å². The van der Waals surface area contributed by atoms with Crippen LogP contribution in [0.3, 0.4) is 0 Å². The molecule has 0 aromatic heterocycles. The number of unbranched alkanes of at least 4 members (excludes halogenated alkanes) is 1. The summed E-state index contributed by atoms with van der Waals surface area (Å²) in [6, 6.07) is 7.98. The molecular weight excluding hydrogens is 558 g/mol. The lowest BCUT2D eigenvalue weighted by molar-refractivity contribution is 0.262. The van der Waals surface area contributed by atoms with Crippen LogP contribution in [0.1, 0.15) is 65.5 Å². The first-order valence-corrected chi connectivity index (χ1v) is 15.3. The van der Waals surface area contributed by atoms with Crippen LogP contribution in [0.4, 0.5) is 0 Å². The molecule has 14 heteroatoms. The molecule has 0 unspecified atom stereocenters. The lowest BCUT2D eigenvalue weighted by Crippen LogP contribution is -2.41. The molecule has 1 aromatic rings. The number of rotatable bonds is 18. The summed E-state index contributed by atoms with van der Waals surface area (Å²) in [4.78, 5) is 2.06. The van der Waals surface area contributed by atoms with Crippen LogP contribution in [0.15, 0.2) is 60.0 Å². The van der Waals surface area contributed by atoms with Crippen molar-refractivity contribution in [2.24, 2.45) is 23.2 Å². The molecule has 0 bridgehead atoms. The average Bonchev–Trinajstić information content (AvgIpc) is 2.84. The maximum Gasteiger partial charge on any atom is 0.397 e. The Morgan fingerprint density at radius 2 is 1.45 bits per heavy atom. The van der Waals surface area contributed by atoms with E-state index in [4.69, 9.17) is 27.7 Å². The fraction of sp³-hybridized carbons (Fsp3) is 0.571. The summed E-state index contributed by atoms with van der Waals surface area (Å²) in [7, 11) is -4.39. The second-order valence-electron chi connectivity index (χ2n) is 12.4. The zero-order chi connectivity index (χ0) is 32.0. The second kappa shape index (κ2) is 17.2. The van der Waals surface area contributed by atoms with Crippen molar-refractivity contribution in [2.45, 2.75) is 78.4 Å². The van der Waals surface area contributed by atoms with Gasteiger partial charge in [-0.25, -0.2) is 10.0 Å². The molecule has 0 radical (unpaired) electrons. The van der Waals surface area contributed by atoms with Crippen LogP contribution in [-0.4, -0.2) is 60.2 Å². The summed E-state index contributed by atoms with van der Waals surface area (Å²) in [5, 5.41) is 8.14. The molecule has 0 aliphatic rings. The van der Waals surface area contributed by atoms with Crippen molar-refractivity contribution in [1.29, 1.82) is 0 Å². The molecule has 12 N–H and O–H groups in total. The highest BCUT2D eigenvalue weighted by atomic mass is 32.3. The molecule has 0 spiro atoms. The fourth-order valence-electron chi connectivity index (χ4n) is 3.63. The van der Waals surface area contributed by atoms with Gasteiger partial charge in [0.2, 0.25) is 0 Å². The summed E-state index contributed by atoms with van der Waals surface area (Å²) < 4.78 is 34.1. The fourth-order valence-corrected chi connectivity index (χ4v) is 3.96. The Bertz CT molecular complexity index is 1140. The van der Waals surface area contributed by atoms with E-state index in [1.54, 1.807) is 6.20 Å². The first kappa shape index (κ1) is 37.0. The monoisotopic (exact) mass is 611 g/mol. The molecule has 1 aromatic carbocycles. The first-order chi connectivity index (χ1) is 19.3. The van der Waals surface area contributed by atoms with Gasteiger partial charge in [0.25, 0.3) is 0 Å². The molecule has 13 nitrogen and oxygen atoms in total. The van der Waals surface area contributed by atoms with Gasteiger partial charge in [0, 0.05) is 60.7 Å². The van der Waals surface area contributed by atoms with Crippen LogP contribution in [-0.2, 0) is 27.5 Å². The lowest BCUT2D eigenvalue weighted by Gasteiger charge is -2.27. The van der Waals surface area contributed by atoms with E-state index in [-0.39, 0.29) is 17.7 Å². The Morgan fingerprint density at radius 1 is 0.905 bits per heavy atom. The summed E-state index contributed by atoms with van der Waals surface area (Å²) in [5.74, 6) is 12.1. The maximum absolute atomic E-state index is 10.6. The van der Waals surface area contributed by atoms with Gasteiger partial charge in [-0.1, -0.05) is 24.3 Å². The quantitative estimate of drug-likeness (QED) is 0.0512. The summed E-state index contributed by atoms with van der Waals surface area (Å²) in [6.45, 7) is 14.1. The number of hydrazine groups is 2. The average molecular weight is 612 g/mol. The van der Waals surface area contributed by atoms with Gasteiger partial charge in [-0.15, -0.1) is 0 Å². The standard InChI is InChI=1S/C28H53N9O4S/c1-27(2,3)33-15-24(29)18-36(21-26(35-31)16-34-28(4,5)6)19-25(30)20-37(32)17-23-12-10-22(11-13-23)9-7-8-14-41-42(38,39)40/h10-13,15-16,20,33-35H,7-9,14,17-19,21,29-32H2,1-6H3,(H,38,39,40)/b24-15-,25-20-,26-16-. The van der Waals surface area contributed by atoms with Crippen molar-refractivity contribution < 1.29 is 17.2 Å². The second-order valence-corrected chi connectivity index (χ2v) is 13.5. The molecule has 0 heterocycles. The third kappa shape index (κ3) is 19.2. The number of nitrogens with zero attached hydrogens (tertiary/aromatic N) is 2. The van der Waals surface area contributed by atoms with Gasteiger partial charge in [-0.05, 0) is 71.9 Å². The van der Waals surface area contributed by atoms with Crippen molar-refractivity contribution in [2.75, 3.05) is 26.2 Å². The molecule has 0 saturated carbocycles. The predicted molar refractivity (Wildman–Crippen MR) is 169 cm³/mol. The minimum Gasteiger partial charge on any atom is -0.400 e. The number of aryl methyl sites for hydroxylation is 1. The van der Waals surface area contributed by atoms with E-state index in [9.17, 15) is 8.42 Å². The van der Waals surface area contributed by atoms with Crippen molar-refractivity contribution in [1.82, 2.24) is 26.0 Å². The van der Waals surface area contributed by atoms with E-state index in [0.29, 0.717) is 44.0 Å². The zero-order valence-corrected chi connectivity index (χ0v) is 26.8. The number of nitrogens with two attached hydrogens (primary N) is 4. The summed E-state index contributed by atoms with van der Waals surface area (Å²) in [5.41, 5.74) is 19.3. The first-order valence-electron chi connectivity index (χ1n) is 13.9. The molecule has 0 aliphatic heterocycles. The molecule has 0 fully saturated rings. The minimum atomic E-state index is -4.39. The number of nitrogens with one attached hydrogen (secondary N) is 3. The van der Waals surface area contributed by atoms with Gasteiger partial charge in [0.05, 0.1) is 18.8 Å². The van der Waals surface area contributed by atoms with Crippen LogP contribution < -0.4 is 39.2 Å². The molecular formula is C28H53N9O4S. The number of hydrogen-bond acceptors (Lipinski definition) is 12. The molecule has 42 heavy (non-hydrogen) atoms. The van der Waals surface area contributed by atoms with Gasteiger partial charge >= 0.3 is 10.4 Å². The Balaban J connectivity index is 2.83. The molecule has 0 saturated heterocycles. The van der Waals surface area contributed by atoms with Crippen LogP contribution in [0.2, 0.25) is 0 Å². The molecule has 240 valence electrons. The van der Waals surface area contributed by atoms with E-state index < -0.39 is 10.4 Å². The largest absolute Gasteiger partial charge is 0.400 e. The van der Waals surface area contributed by atoms with Gasteiger partial charge in [0.1, 0.15) is 0 Å². The number of hydrogen-bond donors (Lipinski definition) is 8. The zero-order valence-electron chi connectivity index (χ0n) is 26.0. The van der Waals surface area contributed by atoms with Crippen LogP contribution >= 0.6 is 0 Å². The smallest absolute Gasteiger partial charge is 0.397 e. The van der Waals surface area contributed by atoms with E-state index >= 15 is 0 Å². The molecule has 0 aliphatic carbocycles. The molecule has 0 atom stereocenters. The Morgan fingerprint density at radius 3 is 2.00 bits per heavy atom. The normalized spacial score (nSPS) is 13.8. The third-order valence-electron chi connectivity index (χ3n) is 5.57. The maximum atomic E-state index is 10.6. The Labute approximate surface area is 252 Å². The van der Waals surface area contributed by atoms with Crippen LogP contribution in [0.25, 0.3) is 0 Å². The Kier molecular flexibility index (Phi) is 15.1. The van der Waals surface area contributed by atoms with Gasteiger partial charge < -0.3 is 32.5 Å². The van der Waals surface area contributed by atoms with Crippen molar-refractivity contribution in [3.63, 3.8) is 0 Å². The SMILES string of the molecule is CC(C)(C)N/C=C(\N)CN(C/C(N)=C/N(N)Cc1ccc(CCCCOS(=O)(=O)O)cc1)C/C(=C/NC(C)(C)C)NN. The van der Waals surface area contributed by atoms with Crippen molar-refractivity contribution in [3.8, 4) is 0 Å². The van der Waals surface area contributed by atoms with Gasteiger partial charge in [-0.2, -0.15) is 8.42 Å². The number of benzene rings is 1. The highest BCUT2D eigenvalue weighted by Gasteiger charge is 2.14. The van der Waals surface area contributed by atoms with E-state index in [0.717, 1.165) is 29.7 Å². The third-order valence-corrected chi connectivity index (χ3v) is 6.04. The predicted octanol–water partition coefficient (Wildman–Crippen LogP) is 1.49. The molecule has 1 rings (SSSR count). The van der Waals surface area contributed by atoms with E-state index in [1.165, 1.54) is 5.01 Å². The lowest BCUT2D eigenvalue weighted by atomic mass is 10.1. The highest BCUT2D eigenvalue weighted by molar-refractivity contribution is 7.80. The van der Waals surface area contributed by atoms with Crippen molar-refractivity contribution >= 4 is 10.4 Å². The summed E-state index contributed by atoms with van der Waals surface area (Å²) >= 11 is 0. The minimum absolute atomic E-state index is 0.0466. The molecule has 0 amide bonds. The topological polar surface area (TPSA) is 210 Å². The highest BCUT2D eigenvalue weighted by Crippen LogP contribution is 2.11. The van der Waals surface area contributed by atoms with Gasteiger partial charge in [-0.3, -0.25) is 15.3 Å². The Hall–Kier alpha value is -3.01.